The molecule has 2 aromatic rings. The summed E-state index contributed by atoms with van der Waals surface area (Å²) in [6, 6.07) is 10.9. The van der Waals surface area contributed by atoms with Gasteiger partial charge in [-0.05, 0) is 41.1 Å². The molecule has 0 spiro atoms. The van der Waals surface area contributed by atoms with E-state index >= 15 is 0 Å². The summed E-state index contributed by atoms with van der Waals surface area (Å²) in [6.07, 6.45) is 0. The second-order valence-corrected chi connectivity index (χ2v) is 5.52. The molecule has 0 aliphatic rings. The highest BCUT2D eigenvalue weighted by Gasteiger charge is 2.08. The molecular formula is C17H25NS. The molecule has 1 aromatic carbocycles. The smallest absolute Gasteiger partial charge is 0.0208 e. The number of nitrogens with one attached hydrogen (secondary N) is 1. The lowest BCUT2D eigenvalue weighted by molar-refractivity contribution is 0.819. The zero-order chi connectivity index (χ0) is 14.3. The maximum atomic E-state index is 3.23. The molecule has 0 fully saturated rings. The van der Waals surface area contributed by atoms with Crippen molar-refractivity contribution in [2.24, 2.45) is 0 Å². The van der Waals surface area contributed by atoms with Gasteiger partial charge in [-0.15, -0.1) is 11.3 Å². The summed E-state index contributed by atoms with van der Waals surface area (Å²) >= 11 is 1.86. The Kier molecular flexibility index (Phi) is 6.82. The number of hydrogen-bond acceptors (Lipinski definition) is 2. The Bertz CT molecular complexity index is 486. The molecule has 2 rings (SSSR count). The fourth-order valence-electron chi connectivity index (χ4n) is 1.94. The van der Waals surface area contributed by atoms with Crippen LogP contribution >= 0.6 is 11.3 Å². The molecule has 2 heteroatoms. The summed E-state index contributed by atoms with van der Waals surface area (Å²) in [5, 5.41) is 5.49. The van der Waals surface area contributed by atoms with Crippen LogP contribution in [-0.2, 0) is 6.54 Å². The van der Waals surface area contributed by atoms with Crippen LogP contribution in [0.25, 0.3) is 11.1 Å². The Morgan fingerprint density at radius 2 is 1.84 bits per heavy atom. The number of rotatable bonds is 4. The highest BCUT2D eigenvalue weighted by atomic mass is 32.1. The van der Waals surface area contributed by atoms with Gasteiger partial charge in [-0.2, -0.15) is 0 Å². The SMILES string of the molecule is CC.CNCc1ccccc1-c1csc(C(C)C)c1. The lowest BCUT2D eigenvalue weighted by atomic mass is 10.0. The molecule has 0 bridgehead atoms. The fraction of sp³-hybridized carbons (Fsp3) is 0.412. The van der Waals surface area contributed by atoms with E-state index in [4.69, 9.17) is 0 Å². The minimum Gasteiger partial charge on any atom is -0.316 e. The molecule has 0 saturated heterocycles. The standard InChI is InChI=1S/C15H19NS.C2H6/c1-11(2)15-8-13(10-17-15)14-7-5-4-6-12(14)9-16-3;1-2/h4-8,10-11,16H,9H2,1-3H3;1-2H3. The molecule has 0 unspecified atom stereocenters. The van der Waals surface area contributed by atoms with E-state index in [0.29, 0.717) is 5.92 Å². The van der Waals surface area contributed by atoms with Gasteiger partial charge in [0.25, 0.3) is 0 Å². The van der Waals surface area contributed by atoms with Gasteiger partial charge in [0.1, 0.15) is 0 Å². The molecule has 1 heterocycles. The predicted molar refractivity (Wildman–Crippen MR) is 88.0 cm³/mol. The van der Waals surface area contributed by atoms with Gasteiger partial charge in [0.2, 0.25) is 0 Å². The molecule has 0 aliphatic carbocycles. The van der Waals surface area contributed by atoms with Crippen LogP contribution in [-0.4, -0.2) is 7.05 Å². The van der Waals surface area contributed by atoms with Gasteiger partial charge in [-0.3, -0.25) is 0 Å². The third kappa shape index (κ3) is 4.19. The summed E-state index contributed by atoms with van der Waals surface area (Å²) in [5.74, 6) is 0.616. The van der Waals surface area contributed by atoms with Crippen LogP contribution in [0.1, 0.15) is 44.1 Å². The summed E-state index contributed by atoms with van der Waals surface area (Å²) < 4.78 is 0. The van der Waals surface area contributed by atoms with Crippen molar-refractivity contribution >= 4 is 11.3 Å². The first-order chi connectivity index (χ1) is 9.22. The molecule has 0 saturated carbocycles. The van der Waals surface area contributed by atoms with Crippen molar-refractivity contribution < 1.29 is 0 Å². The van der Waals surface area contributed by atoms with Gasteiger partial charge in [-0.25, -0.2) is 0 Å². The van der Waals surface area contributed by atoms with E-state index in [0.717, 1.165) is 6.54 Å². The van der Waals surface area contributed by atoms with Crippen LogP contribution in [0.2, 0.25) is 0 Å². The lowest BCUT2D eigenvalue weighted by Crippen LogP contribution is -2.05. The van der Waals surface area contributed by atoms with Gasteiger partial charge in [0, 0.05) is 11.4 Å². The van der Waals surface area contributed by atoms with Gasteiger partial charge < -0.3 is 5.32 Å². The summed E-state index contributed by atoms with van der Waals surface area (Å²) in [5.41, 5.74) is 4.07. The third-order valence-electron chi connectivity index (χ3n) is 2.88. The predicted octanol–water partition coefficient (Wildman–Crippen LogP) is 5.28. The monoisotopic (exact) mass is 275 g/mol. The third-order valence-corrected chi connectivity index (χ3v) is 4.12. The topological polar surface area (TPSA) is 12.0 Å². The van der Waals surface area contributed by atoms with Crippen LogP contribution in [0, 0.1) is 0 Å². The normalized spacial score (nSPS) is 10.2. The molecule has 0 amide bonds. The van der Waals surface area contributed by atoms with Crippen molar-refractivity contribution in [2.45, 2.75) is 40.2 Å². The van der Waals surface area contributed by atoms with Gasteiger partial charge in [-0.1, -0.05) is 52.0 Å². The average Bonchev–Trinajstić information content (AvgIpc) is 2.92. The molecule has 1 N–H and O–H groups in total. The fourth-order valence-corrected chi connectivity index (χ4v) is 2.87. The van der Waals surface area contributed by atoms with Crippen LogP contribution in [0.15, 0.2) is 35.7 Å². The second kappa shape index (κ2) is 8.13. The zero-order valence-electron chi connectivity index (χ0n) is 12.7. The van der Waals surface area contributed by atoms with E-state index < -0.39 is 0 Å². The van der Waals surface area contributed by atoms with Crippen LogP contribution in [0.3, 0.4) is 0 Å². The minimum absolute atomic E-state index is 0.616. The van der Waals surface area contributed by atoms with Crippen molar-refractivity contribution in [2.75, 3.05) is 7.05 Å². The number of hydrogen-bond donors (Lipinski definition) is 1. The zero-order valence-corrected chi connectivity index (χ0v) is 13.5. The Hall–Kier alpha value is -1.12. The van der Waals surface area contributed by atoms with Crippen molar-refractivity contribution in [1.82, 2.24) is 5.32 Å². The lowest BCUT2D eigenvalue weighted by Gasteiger charge is -2.07. The molecule has 0 atom stereocenters. The maximum Gasteiger partial charge on any atom is 0.0208 e. The first-order valence-electron chi connectivity index (χ1n) is 7.03. The van der Waals surface area contributed by atoms with E-state index in [2.05, 4.69) is 54.9 Å². The number of thiophene rings is 1. The first-order valence-corrected chi connectivity index (χ1v) is 7.91. The number of benzene rings is 1. The van der Waals surface area contributed by atoms with E-state index in [1.54, 1.807) is 0 Å². The Morgan fingerprint density at radius 1 is 1.16 bits per heavy atom. The Balaban J connectivity index is 0.000000861. The van der Waals surface area contributed by atoms with Crippen LogP contribution in [0.4, 0.5) is 0 Å². The van der Waals surface area contributed by atoms with Gasteiger partial charge >= 0.3 is 0 Å². The summed E-state index contributed by atoms with van der Waals surface area (Å²) in [6.45, 7) is 9.41. The molecular weight excluding hydrogens is 250 g/mol. The van der Waals surface area contributed by atoms with E-state index in [1.165, 1.54) is 21.6 Å². The summed E-state index contributed by atoms with van der Waals surface area (Å²) in [4.78, 5) is 1.46. The highest BCUT2D eigenvalue weighted by Crippen LogP contribution is 2.31. The van der Waals surface area contributed by atoms with Gasteiger partial charge in [0.05, 0.1) is 0 Å². The second-order valence-electron chi connectivity index (χ2n) is 4.58. The maximum absolute atomic E-state index is 3.23. The van der Waals surface area contributed by atoms with E-state index in [9.17, 15) is 0 Å². The average molecular weight is 275 g/mol. The molecule has 0 radical (unpaired) electrons. The minimum atomic E-state index is 0.616. The Morgan fingerprint density at radius 3 is 2.42 bits per heavy atom. The van der Waals surface area contributed by atoms with Crippen LogP contribution < -0.4 is 5.32 Å². The van der Waals surface area contributed by atoms with Crippen molar-refractivity contribution in [3.63, 3.8) is 0 Å². The Labute approximate surface area is 121 Å². The van der Waals surface area contributed by atoms with Crippen LogP contribution in [0.5, 0.6) is 0 Å². The van der Waals surface area contributed by atoms with E-state index in [-0.39, 0.29) is 0 Å². The molecule has 1 aromatic heterocycles. The summed E-state index contributed by atoms with van der Waals surface area (Å²) in [7, 11) is 1.99. The molecule has 1 nitrogen and oxygen atoms in total. The molecule has 104 valence electrons. The largest absolute Gasteiger partial charge is 0.316 e. The molecule has 0 aliphatic heterocycles. The van der Waals surface area contributed by atoms with Crippen molar-refractivity contribution in [1.29, 1.82) is 0 Å². The molecule has 19 heavy (non-hydrogen) atoms. The first kappa shape index (κ1) is 15.9. The van der Waals surface area contributed by atoms with Crippen molar-refractivity contribution in [3.05, 3.63) is 46.2 Å². The van der Waals surface area contributed by atoms with Gasteiger partial charge in [0.15, 0.2) is 0 Å². The highest BCUT2D eigenvalue weighted by molar-refractivity contribution is 7.10. The van der Waals surface area contributed by atoms with Crippen molar-refractivity contribution in [3.8, 4) is 11.1 Å². The quantitative estimate of drug-likeness (QED) is 0.800. The van der Waals surface area contributed by atoms with E-state index in [1.807, 2.05) is 32.2 Å².